The lowest BCUT2D eigenvalue weighted by molar-refractivity contribution is -0.109. The van der Waals surface area contributed by atoms with Crippen LogP contribution >= 0.6 is 0 Å². The first-order valence-electron chi connectivity index (χ1n) is 16.1. The predicted octanol–water partition coefficient (Wildman–Crippen LogP) is 6.62. The molecule has 2 atom stereocenters. The van der Waals surface area contributed by atoms with Crippen molar-refractivity contribution in [2.24, 2.45) is 10.8 Å². The fourth-order valence-electron chi connectivity index (χ4n) is 7.80. The van der Waals surface area contributed by atoms with Crippen molar-refractivity contribution in [3.63, 3.8) is 0 Å². The van der Waals surface area contributed by atoms with Gasteiger partial charge >= 0.3 is 0 Å². The summed E-state index contributed by atoms with van der Waals surface area (Å²) in [6, 6.07) is 40.2. The number of hydrogen-bond donors (Lipinski definition) is 3. The number of hydrogen-bond acceptors (Lipinski definition) is 7. The molecule has 0 saturated carbocycles. The molecule has 0 saturated heterocycles. The van der Waals surface area contributed by atoms with Gasteiger partial charge in [-0.05, 0) is 47.9 Å². The maximum absolute atomic E-state index is 14.4. The topological polar surface area (TPSA) is 94.2 Å². The van der Waals surface area contributed by atoms with Gasteiger partial charge in [-0.2, -0.15) is 0 Å². The van der Waals surface area contributed by atoms with Crippen LogP contribution in [0.2, 0.25) is 0 Å². The summed E-state index contributed by atoms with van der Waals surface area (Å²) in [7, 11) is 2.05. The van der Waals surface area contributed by atoms with E-state index in [0.717, 1.165) is 49.7 Å². The summed E-state index contributed by atoms with van der Waals surface area (Å²) in [5, 5.41) is 22.5. The smallest absolute Gasteiger partial charge is 0.201 e. The maximum atomic E-state index is 14.4. The number of carbonyl (C=O) groups is 1. The summed E-state index contributed by atoms with van der Waals surface area (Å²) in [6.45, 7) is 4.11. The lowest BCUT2D eigenvalue weighted by atomic mass is 9.79. The number of carbonyl (C=O) groups excluding carboxylic acids is 1. The zero-order chi connectivity index (χ0) is 32.9. The van der Waals surface area contributed by atoms with Crippen LogP contribution in [0.4, 0.5) is 17.1 Å². The van der Waals surface area contributed by atoms with Crippen LogP contribution in [0.3, 0.4) is 0 Å². The summed E-state index contributed by atoms with van der Waals surface area (Å²) in [5.74, 6) is 6.58. The third-order valence-electron chi connectivity index (χ3n) is 10.6. The summed E-state index contributed by atoms with van der Waals surface area (Å²) in [4.78, 5) is 22.0. The van der Waals surface area contributed by atoms with E-state index in [9.17, 15) is 9.90 Å². The van der Waals surface area contributed by atoms with Crippen LogP contribution in [0.15, 0.2) is 132 Å². The summed E-state index contributed by atoms with van der Waals surface area (Å²) in [6.07, 6.45) is 0. The SMILES string of the molecule is CN1c2cccc3cc/c(=C4/C(=O)C(c5ccc6cccc7c6c5NC(C)(c5ccccc5)N7N)=C4O)c(c23)=NC1(C)c1ccccc1. The number of Topliss-reactive ketones (excluding diaryl/α,β-unsaturated/α-hetero) is 1. The van der Waals surface area contributed by atoms with Crippen molar-refractivity contribution >= 4 is 55.5 Å². The molecule has 7 nitrogen and oxygen atoms in total. The highest BCUT2D eigenvalue weighted by Crippen LogP contribution is 2.49. The number of rotatable bonds is 3. The number of benzene rings is 6. The molecule has 4 N–H and O–H groups in total. The number of ketones is 1. The Balaban J connectivity index is 1.30. The number of hydrazine groups is 1. The van der Waals surface area contributed by atoms with Gasteiger partial charge in [-0.3, -0.25) is 14.8 Å². The van der Waals surface area contributed by atoms with Crippen molar-refractivity contribution in [1.82, 2.24) is 0 Å². The molecule has 7 heteroatoms. The van der Waals surface area contributed by atoms with E-state index in [0.29, 0.717) is 16.1 Å². The Bertz CT molecular complexity index is 2530. The minimum atomic E-state index is -0.820. The Labute approximate surface area is 277 Å². The van der Waals surface area contributed by atoms with Crippen molar-refractivity contribution in [2.45, 2.75) is 25.2 Å². The van der Waals surface area contributed by atoms with Gasteiger partial charge in [0.1, 0.15) is 11.4 Å². The third-order valence-corrected chi connectivity index (χ3v) is 10.6. The highest BCUT2D eigenvalue weighted by Gasteiger charge is 2.43. The summed E-state index contributed by atoms with van der Waals surface area (Å²) in [5.41, 5.74) is 4.26. The standard InChI is InChI=1S/C41H33N5O2/c1-40(26-14-6-4-7-15-26)43-36-28(22-20-24-12-10-18-30(32(24)36)45(40)3)34-38(47)35(39(34)48)29-23-21-25-13-11-19-31-33(25)37(29)44-41(2,46(31)42)27-16-8-5-9-17-27/h4-23,44,47H,42H2,1-3H3/b34-28-. The Morgan fingerprint density at radius 1 is 0.708 bits per heavy atom. The van der Waals surface area contributed by atoms with Crippen molar-refractivity contribution in [2.75, 3.05) is 22.3 Å². The van der Waals surface area contributed by atoms with Crippen LogP contribution < -0.4 is 31.6 Å². The largest absolute Gasteiger partial charge is 0.506 e. The molecule has 48 heavy (non-hydrogen) atoms. The molecular weight excluding hydrogens is 594 g/mol. The predicted molar refractivity (Wildman–Crippen MR) is 193 cm³/mol. The van der Waals surface area contributed by atoms with E-state index in [1.807, 2.05) is 104 Å². The van der Waals surface area contributed by atoms with Crippen molar-refractivity contribution < 1.29 is 9.90 Å². The van der Waals surface area contributed by atoms with Crippen LogP contribution in [0, 0.1) is 0 Å². The van der Waals surface area contributed by atoms with Gasteiger partial charge < -0.3 is 15.3 Å². The molecule has 0 radical (unpaired) electrons. The molecule has 9 rings (SSSR count). The van der Waals surface area contributed by atoms with E-state index in [1.54, 1.807) is 5.01 Å². The van der Waals surface area contributed by atoms with Crippen LogP contribution in [-0.4, -0.2) is 17.9 Å². The Hall–Kier alpha value is -5.92. The molecule has 1 aliphatic carbocycles. The lowest BCUT2D eigenvalue weighted by Crippen LogP contribution is -2.56. The summed E-state index contributed by atoms with van der Waals surface area (Å²) < 4.78 is 0. The highest BCUT2D eigenvalue weighted by atomic mass is 16.3. The molecule has 2 aliphatic heterocycles. The maximum Gasteiger partial charge on any atom is 0.201 e. The second-order valence-electron chi connectivity index (χ2n) is 13.1. The second-order valence-corrected chi connectivity index (χ2v) is 13.1. The van der Waals surface area contributed by atoms with Gasteiger partial charge in [0.25, 0.3) is 0 Å². The molecule has 0 bridgehead atoms. The molecule has 3 aliphatic rings. The molecule has 0 aromatic heterocycles. The van der Waals surface area contributed by atoms with E-state index in [4.69, 9.17) is 10.8 Å². The highest BCUT2D eigenvalue weighted by molar-refractivity contribution is 6.52. The number of nitrogens with zero attached hydrogens (tertiary/aromatic N) is 3. The molecule has 6 aromatic rings. The van der Waals surface area contributed by atoms with Gasteiger partial charge in [-0.25, -0.2) is 5.84 Å². The van der Waals surface area contributed by atoms with E-state index in [-0.39, 0.29) is 22.7 Å². The zero-order valence-corrected chi connectivity index (χ0v) is 26.8. The van der Waals surface area contributed by atoms with Gasteiger partial charge in [0.2, 0.25) is 5.78 Å². The van der Waals surface area contributed by atoms with Gasteiger partial charge in [-0.1, -0.05) is 109 Å². The molecule has 2 unspecified atom stereocenters. The van der Waals surface area contributed by atoms with Crippen molar-refractivity contribution in [3.05, 3.63) is 154 Å². The van der Waals surface area contributed by atoms with Crippen LogP contribution in [0.1, 0.15) is 30.5 Å². The van der Waals surface area contributed by atoms with E-state index >= 15 is 0 Å². The Kier molecular flexibility index (Phi) is 5.78. The molecular formula is C41H33N5O2. The van der Waals surface area contributed by atoms with Gasteiger partial charge in [-0.15, -0.1) is 0 Å². The van der Waals surface area contributed by atoms with Crippen LogP contribution in [-0.2, 0) is 16.1 Å². The van der Waals surface area contributed by atoms with Gasteiger partial charge in [0.05, 0.1) is 27.9 Å². The number of allylic oxidation sites excluding steroid dienone is 2. The van der Waals surface area contributed by atoms with Gasteiger partial charge in [0.15, 0.2) is 5.66 Å². The first-order valence-corrected chi connectivity index (χ1v) is 16.1. The zero-order valence-electron chi connectivity index (χ0n) is 26.8. The quantitative estimate of drug-likeness (QED) is 0.191. The van der Waals surface area contributed by atoms with E-state index < -0.39 is 11.3 Å². The lowest BCUT2D eigenvalue weighted by Gasteiger charge is -2.46. The second kappa shape index (κ2) is 9.80. The van der Waals surface area contributed by atoms with Crippen LogP contribution in [0.25, 0.3) is 32.7 Å². The van der Waals surface area contributed by atoms with Crippen molar-refractivity contribution in [3.8, 4) is 0 Å². The first kappa shape index (κ1) is 28.3. The molecule has 0 fully saturated rings. The molecule has 0 amide bonds. The van der Waals surface area contributed by atoms with E-state index in [2.05, 4.69) is 48.5 Å². The average Bonchev–Trinajstić information content (AvgIpc) is 3.12. The molecule has 0 spiro atoms. The minimum absolute atomic E-state index is 0.0323. The number of nitrogens with two attached hydrogens (primary N) is 1. The monoisotopic (exact) mass is 627 g/mol. The fraction of sp³-hybridized carbons (Fsp3) is 0.122. The van der Waals surface area contributed by atoms with Gasteiger partial charge in [0, 0.05) is 34.3 Å². The fourth-order valence-corrected chi connectivity index (χ4v) is 7.80. The Morgan fingerprint density at radius 3 is 2.02 bits per heavy atom. The molecule has 2 heterocycles. The number of aliphatic hydroxyl groups excluding tert-OH is 1. The Morgan fingerprint density at radius 2 is 1.33 bits per heavy atom. The van der Waals surface area contributed by atoms with Crippen LogP contribution in [0.5, 0.6) is 0 Å². The average molecular weight is 628 g/mol. The number of anilines is 3. The third kappa shape index (κ3) is 3.62. The van der Waals surface area contributed by atoms with Crippen molar-refractivity contribution in [1.29, 1.82) is 0 Å². The summed E-state index contributed by atoms with van der Waals surface area (Å²) >= 11 is 0. The normalized spacial score (nSPS) is 22.5. The molecule has 6 aromatic carbocycles. The first-order chi connectivity index (χ1) is 23.2. The minimum Gasteiger partial charge on any atom is -0.506 e. The number of nitrogens with one attached hydrogen (secondary N) is 1. The number of aliphatic hydroxyl groups is 1. The molecule has 234 valence electrons. The van der Waals surface area contributed by atoms with E-state index in [1.165, 1.54) is 0 Å².